The van der Waals surface area contributed by atoms with Gasteiger partial charge in [-0.05, 0) is 61.0 Å². The monoisotopic (exact) mass is 397 g/mol. The molecule has 1 aliphatic rings. The van der Waals surface area contributed by atoms with Crippen molar-refractivity contribution in [3.63, 3.8) is 0 Å². The quantitative estimate of drug-likeness (QED) is 0.721. The SMILES string of the molecule is Cc1cccc(N2CCN(C(=O)c3ccc(Nc4ccc(C#N)cc4)cn3)CC2)c1. The fraction of sp³-hybridized carbons (Fsp3) is 0.208. The highest BCUT2D eigenvalue weighted by molar-refractivity contribution is 5.92. The molecule has 30 heavy (non-hydrogen) atoms. The first-order valence-corrected chi connectivity index (χ1v) is 9.96. The largest absolute Gasteiger partial charge is 0.368 e. The molecule has 0 saturated carbocycles. The Labute approximate surface area is 176 Å². The van der Waals surface area contributed by atoms with Gasteiger partial charge in [0.05, 0.1) is 23.5 Å². The molecule has 1 fully saturated rings. The second-order valence-corrected chi connectivity index (χ2v) is 7.36. The van der Waals surface area contributed by atoms with Crippen molar-refractivity contribution in [1.82, 2.24) is 9.88 Å². The smallest absolute Gasteiger partial charge is 0.272 e. The number of carbonyl (C=O) groups is 1. The number of nitrogens with one attached hydrogen (secondary N) is 1. The first-order chi connectivity index (χ1) is 14.6. The number of hydrogen-bond acceptors (Lipinski definition) is 5. The lowest BCUT2D eigenvalue weighted by Crippen LogP contribution is -2.49. The number of aromatic nitrogens is 1. The van der Waals surface area contributed by atoms with E-state index in [0.717, 1.165) is 24.5 Å². The van der Waals surface area contributed by atoms with Crippen LogP contribution < -0.4 is 10.2 Å². The zero-order chi connectivity index (χ0) is 20.9. The lowest BCUT2D eigenvalue weighted by Gasteiger charge is -2.36. The average Bonchev–Trinajstić information content (AvgIpc) is 2.80. The van der Waals surface area contributed by atoms with Crippen molar-refractivity contribution in [2.24, 2.45) is 0 Å². The maximum Gasteiger partial charge on any atom is 0.272 e. The third kappa shape index (κ3) is 4.41. The molecule has 2 heterocycles. The lowest BCUT2D eigenvalue weighted by molar-refractivity contribution is 0.0741. The van der Waals surface area contributed by atoms with E-state index in [1.165, 1.54) is 11.3 Å². The van der Waals surface area contributed by atoms with Crippen LogP contribution in [0.3, 0.4) is 0 Å². The molecule has 6 heteroatoms. The second kappa shape index (κ2) is 8.66. The molecule has 1 aliphatic heterocycles. The van der Waals surface area contributed by atoms with Crippen LogP contribution in [0.4, 0.5) is 17.1 Å². The standard InChI is InChI=1S/C24H23N5O/c1-18-3-2-4-22(15-18)28-11-13-29(14-12-28)24(30)23-10-9-21(17-26-23)27-20-7-5-19(16-25)6-8-20/h2-10,15,17,27H,11-14H2,1H3. The molecule has 1 N–H and O–H groups in total. The van der Waals surface area contributed by atoms with Crippen molar-refractivity contribution in [2.75, 3.05) is 36.4 Å². The van der Waals surface area contributed by atoms with Gasteiger partial charge in [-0.25, -0.2) is 4.98 Å². The number of amides is 1. The first-order valence-electron chi connectivity index (χ1n) is 9.96. The molecule has 0 radical (unpaired) electrons. The highest BCUT2D eigenvalue weighted by atomic mass is 16.2. The number of rotatable bonds is 4. The van der Waals surface area contributed by atoms with Gasteiger partial charge in [0.25, 0.3) is 5.91 Å². The van der Waals surface area contributed by atoms with Crippen molar-refractivity contribution in [1.29, 1.82) is 5.26 Å². The van der Waals surface area contributed by atoms with Gasteiger partial charge >= 0.3 is 0 Å². The predicted octanol–water partition coefficient (Wildman–Crippen LogP) is 3.97. The van der Waals surface area contributed by atoms with E-state index in [1.54, 1.807) is 24.4 Å². The molecule has 1 amide bonds. The Morgan fingerprint density at radius 1 is 1.00 bits per heavy atom. The Balaban J connectivity index is 1.35. The van der Waals surface area contributed by atoms with Crippen LogP contribution in [0.25, 0.3) is 0 Å². The number of carbonyl (C=O) groups excluding carboxylic acids is 1. The maximum atomic E-state index is 12.8. The number of pyridine rings is 1. The fourth-order valence-electron chi connectivity index (χ4n) is 3.54. The van der Waals surface area contributed by atoms with Gasteiger partial charge in [0.2, 0.25) is 0 Å². The van der Waals surface area contributed by atoms with E-state index in [0.29, 0.717) is 24.3 Å². The summed E-state index contributed by atoms with van der Waals surface area (Å²) in [6.45, 7) is 5.08. The minimum absolute atomic E-state index is 0.0381. The topological polar surface area (TPSA) is 72.3 Å². The highest BCUT2D eigenvalue weighted by Gasteiger charge is 2.23. The zero-order valence-corrected chi connectivity index (χ0v) is 16.9. The molecule has 1 saturated heterocycles. The summed E-state index contributed by atoms with van der Waals surface area (Å²) in [6, 6.07) is 21.3. The summed E-state index contributed by atoms with van der Waals surface area (Å²) in [4.78, 5) is 21.4. The summed E-state index contributed by atoms with van der Waals surface area (Å²) in [5.41, 5.74) is 5.16. The lowest BCUT2D eigenvalue weighted by atomic mass is 10.2. The molecule has 4 rings (SSSR count). The molecule has 0 unspecified atom stereocenters. The zero-order valence-electron chi connectivity index (χ0n) is 16.9. The van der Waals surface area contributed by atoms with Crippen LogP contribution in [0, 0.1) is 18.3 Å². The van der Waals surface area contributed by atoms with Crippen molar-refractivity contribution < 1.29 is 4.79 Å². The minimum Gasteiger partial charge on any atom is -0.368 e. The second-order valence-electron chi connectivity index (χ2n) is 7.36. The van der Waals surface area contributed by atoms with Crippen LogP contribution in [0.5, 0.6) is 0 Å². The molecular formula is C24H23N5O. The average molecular weight is 397 g/mol. The number of aryl methyl sites for hydroxylation is 1. The van der Waals surface area contributed by atoms with Crippen LogP contribution >= 0.6 is 0 Å². The Kier molecular flexibility index (Phi) is 5.62. The molecule has 1 aromatic heterocycles. The van der Waals surface area contributed by atoms with E-state index < -0.39 is 0 Å². The Morgan fingerprint density at radius 3 is 2.37 bits per heavy atom. The summed E-state index contributed by atoms with van der Waals surface area (Å²) in [7, 11) is 0. The van der Waals surface area contributed by atoms with Gasteiger partial charge in [-0.2, -0.15) is 5.26 Å². The van der Waals surface area contributed by atoms with Crippen molar-refractivity contribution in [2.45, 2.75) is 6.92 Å². The Hall–Kier alpha value is -3.85. The van der Waals surface area contributed by atoms with E-state index >= 15 is 0 Å². The van der Waals surface area contributed by atoms with Crippen LogP contribution in [0.1, 0.15) is 21.6 Å². The molecule has 2 aromatic carbocycles. The van der Waals surface area contributed by atoms with Gasteiger partial charge in [0, 0.05) is 37.6 Å². The molecule has 150 valence electrons. The molecule has 0 bridgehead atoms. The van der Waals surface area contributed by atoms with Crippen molar-refractivity contribution in [3.05, 3.63) is 83.7 Å². The molecule has 6 nitrogen and oxygen atoms in total. The summed E-state index contributed by atoms with van der Waals surface area (Å²) in [6.07, 6.45) is 1.66. The summed E-state index contributed by atoms with van der Waals surface area (Å²) >= 11 is 0. The number of hydrogen-bond donors (Lipinski definition) is 1. The van der Waals surface area contributed by atoms with Crippen molar-refractivity contribution >= 4 is 23.0 Å². The van der Waals surface area contributed by atoms with Gasteiger partial charge in [-0.15, -0.1) is 0 Å². The van der Waals surface area contributed by atoms with E-state index in [9.17, 15) is 4.79 Å². The number of anilines is 3. The Morgan fingerprint density at radius 2 is 1.73 bits per heavy atom. The highest BCUT2D eigenvalue weighted by Crippen LogP contribution is 2.20. The normalized spacial score (nSPS) is 13.6. The van der Waals surface area contributed by atoms with Crippen LogP contribution in [0.2, 0.25) is 0 Å². The van der Waals surface area contributed by atoms with E-state index in [1.807, 2.05) is 23.1 Å². The summed E-state index contributed by atoms with van der Waals surface area (Å²) < 4.78 is 0. The van der Waals surface area contributed by atoms with Crippen molar-refractivity contribution in [3.8, 4) is 6.07 Å². The van der Waals surface area contributed by atoms with Crippen LogP contribution in [-0.2, 0) is 0 Å². The molecule has 0 spiro atoms. The predicted molar refractivity (Wildman–Crippen MR) is 118 cm³/mol. The van der Waals surface area contributed by atoms with Gasteiger partial charge < -0.3 is 15.1 Å². The number of nitrogens with zero attached hydrogens (tertiary/aromatic N) is 4. The Bertz CT molecular complexity index is 1060. The molecule has 0 aliphatic carbocycles. The van der Waals surface area contributed by atoms with E-state index in [4.69, 9.17) is 5.26 Å². The first kappa shape index (κ1) is 19.5. The number of benzene rings is 2. The summed E-state index contributed by atoms with van der Waals surface area (Å²) in [5, 5.41) is 12.1. The molecule has 0 atom stereocenters. The fourth-order valence-corrected chi connectivity index (χ4v) is 3.54. The summed E-state index contributed by atoms with van der Waals surface area (Å²) in [5.74, 6) is -0.0381. The number of piperazine rings is 1. The third-order valence-electron chi connectivity index (χ3n) is 5.22. The van der Waals surface area contributed by atoms with E-state index in [2.05, 4.69) is 52.5 Å². The van der Waals surface area contributed by atoms with Gasteiger partial charge in [-0.3, -0.25) is 4.79 Å². The van der Waals surface area contributed by atoms with Crippen LogP contribution in [-0.4, -0.2) is 42.0 Å². The maximum absolute atomic E-state index is 12.8. The van der Waals surface area contributed by atoms with Gasteiger partial charge in [0.15, 0.2) is 0 Å². The molecule has 3 aromatic rings. The molecular weight excluding hydrogens is 374 g/mol. The minimum atomic E-state index is -0.0381. The third-order valence-corrected chi connectivity index (χ3v) is 5.22. The van der Waals surface area contributed by atoms with Gasteiger partial charge in [-0.1, -0.05) is 12.1 Å². The van der Waals surface area contributed by atoms with Crippen LogP contribution in [0.15, 0.2) is 66.9 Å². The van der Waals surface area contributed by atoms with E-state index in [-0.39, 0.29) is 5.91 Å². The van der Waals surface area contributed by atoms with Gasteiger partial charge in [0.1, 0.15) is 5.69 Å². The number of nitriles is 1.